The third kappa shape index (κ3) is 8.65. The molecule has 1 heteroatoms. The van der Waals surface area contributed by atoms with Crippen molar-refractivity contribution in [1.29, 1.82) is 0 Å². The number of rotatable bonds is 13. The van der Waals surface area contributed by atoms with Crippen molar-refractivity contribution in [2.75, 3.05) is 6.61 Å². The van der Waals surface area contributed by atoms with Gasteiger partial charge in [-0.05, 0) is 91.9 Å². The van der Waals surface area contributed by atoms with Crippen molar-refractivity contribution >= 4 is 0 Å². The second-order valence-electron chi connectivity index (χ2n) is 9.45. The zero-order chi connectivity index (χ0) is 21.7. The van der Waals surface area contributed by atoms with Crippen LogP contribution in [0.25, 0.3) is 0 Å². The fourth-order valence-corrected chi connectivity index (χ4v) is 4.77. The van der Waals surface area contributed by atoms with Gasteiger partial charge in [0, 0.05) is 6.61 Å². The molecule has 31 heavy (non-hydrogen) atoms. The fourth-order valence-electron chi connectivity index (χ4n) is 4.77. The van der Waals surface area contributed by atoms with E-state index in [9.17, 15) is 0 Å². The second-order valence-corrected chi connectivity index (χ2v) is 9.45. The van der Waals surface area contributed by atoms with E-state index in [0.717, 1.165) is 44.3 Å². The summed E-state index contributed by atoms with van der Waals surface area (Å²) in [5, 5.41) is 0. The van der Waals surface area contributed by atoms with Gasteiger partial charge in [0.1, 0.15) is 0 Å². The van der Waals surface area contributed by atoms with Crippen LogP contribution in [0, 0.1) is 11.8 Å². The predicted octanol–water partition coefficient (Wildman–Crippen LogP) is 8.10. The molecule has 0 amide bonds. The normalized spacial score (nSPS) is 18.7. The third-order valence-corrected chi connectivity index (χ3v) is 6.92. The predicted molar refractivity (Wildman–Crippen MR) is 133 cm³/mol. The topological polar surface area (TPSA) is 9.23 Å². The zero-order valence-corrected chi connectivity index (χ0v) is 19.7. The van der Waals surface area contributed by atoms with Crippen LogP contribution in [0.4, 0.5) is 0 Å². The lowest BCUT2D eigenvalue weighted by atomic mass is 9.80. The smallest absolute Gasteiger partial charge is 0.0716 e. The average Bonchev–Trinajstić information content (AvgIpc) is 2.82. The van der Waals surface area contributed by atoms with Crippen molar-refractivity contribution in [3.8, 4) is 0 Å². The Kier molecular flexibility index (Phi) is 10.4. The highest BCUT2D eigenvalue weighted by Gasteiger charge is 2.18. The van der Waals surface area contributed by atoms with Crippen LogP contribution in [0.5, 0.6) is 0 Å². The first-order chi connectivity index (χ1) is 15.3. The van der Waals surface area contributed by atoms with Crippen LogP contribution in [0.3, 0.4) is 0 Å². The quantitative estimate of drug-likeness (QED) is 0.236. The maximum Gasteiger partial charge on any atom is 0.0716 e. The van der Waals surface area contributed by atoms with E-state index in [1.807, 2.05) is 0 Å². The Bertz CT molecular complexity index is 735. The van der Waals surface area contributed by atoms with Crippen molar-refractivity contribution in [3.63, 3.8) is 0 Å². The Morgan fingerprint density at radius 3 is 1.87 bits per heavy atom. The van der Waals surface area contributed by atoms with Gasteiger partial charge < -0.3 is 4.74 Å². The summed E-state index contributed by atoms with van der Waals surface area (Å²) in [7, 11) is 0. The van der Waals surface area contributed by atoms with E-state index in [0.29, 0.717) is 0 Å². The number of unbranched alkanes of at least 4 members (excludes halogenated alkanes) is 1. The first-order valence-electron chi connectivity index (χ1n) is 12.6. The summed E-state index contributed by atoms with van der Waals surface area (Å²) in [6, 6.07) is 18.3. The molecule has 1 saturated carbocycles. The van der Waals surface area contributed by atoms with E-state index in [-0.39, 0.29) is 0 Å². The molecule has 0 saturated heterocycles. The minimum atomic E-state index is 0.728. The van der Waals surface area contributed by atoms with Gasteiger partial charge in [0.25, 0.3) is 0 Å². The van der Waals surface area contributed by atoms with E-state index in [1.54, 1.807) is 0 Å². The lowest BCUT2D eigenvalue weighted by molar-refractivity contribution is 0.121. The Morgan fingerprint density at radius 1 is 0.774 bits per heavy atom. The number of hydrogen-bond donors (Lipinski definition) is 0. The van der Waals surface area contributed by atoms with E-state index in [1.165, 1.54) is 73.6 Å². The highest BCUT2D eigenvalue weighted by atomic mass is 16.5. The summed E-state index contributed by atoms with van der Waals surface area (Å²) >= 11 is 0. The van der Waals surface area contributed by atoms with Gasteiger partial charge in [-0.2, -0.15) is 0 Å². The largest absolute Gasteiger partial charge is 0.377 e. The Balaban J connectivity index is 1.31. The van der Waals surface area contributed by atoms with Crippen molar-refractivity contribution in [2.24, 2.45) is 11.8 Å². The molecule has 1 aliphatic rings. The first kappa shape index (κ1) is 23.8. The minimum Gasteiger partial charge on any atom is -0.377 e. The number of hydrogen-bond acceptors (Lipinski definition) is 1. The van der Waals surface area contributed by atoms with E-state index in [4.69, 9.17) is 4.74 Å². The molecule has 0 spiro atoms. The van der Waals surface area contributed by atoms with Gasteiger partial charge in [-0.3, -0.25) is 0 Å². The average molecular weight is 419 g/mol. The summed E-state index contributed by atoms with van der Waals surface area (Å²) in [6.45, 7) is 7.68. The molecule has 0 heterocycles. The molecule has 0 unspecified atom stereocenters. The Hall–Kier alpha value is -1.86. The molecule has 0 bridgehead atoms. The number of aryl methyl sites for hydroxylation is 3. The lowest BCUT2D eigenvalue weighted by Crippen LogP contribution is -2.12. The van der Waals surface area contributed by atoms with Crippen LogP contribution >= 0.6 is 0 Å². The van der Waals surface area contributed by atoms with Gasteiger partial charge in [0.15, 0.2) is 0 Å². The van der Waals surface area contributed by atoms with Crippen LogP contribution in [-0.2, 0) is 30.6 Å². The van der Waals surface area contributed by atoms with Crippen molar-refractivity contribution in [1.82, 2.24) is 0 Å². The molecule has 0 N–H and O–H groups in total. The van der Waals surface area contributed by atoms with Gasteiger partial charge in [0.2, 0.25) is 0 Å². The fraction of sp³-hybridized carbons (Fsp3) is 0.533. The maximum atomic E-state index is 5.62. The Labute approximate surface area is 190 Å². The SMILES string of the molecule is C=CC1CCC(CCCCc2ccc(CCc3ccc(COCCC)cc3)cc2)CC1. The summed E-state index contributed by atoms with van der Waals surface area (Å²) in [6.07, 6.45) is 16.4. The number of ether oxygens (including phenoxy) is 1. The summed E-state index contributed by atoms with van der Waals surface area (Å²) in [4.78, 5) is 0. The molecule has 0 atom stereocenters. The van der Waals surface area contributed by atoms with Gasteiger partial charge >= 0.3 is 0 Å². The van der Waals surface area contributed by atoms with Gasteiger partial charge in [-0.1, -0.05) is 74.4 Å². The highest BCUT2D eigenvalue weighted by molar-refractivity contribution is 5.26. The summed E-state index contributed by atoms with van der Waals surface area (Å²) < 4.78 is 5.62. The first-order valence-corrected chi connectivity index (χ1v) is 12.6. The summed E-state index contributed by atoms with van der Waals surface area (Å²) in [5.74, 6) is 1.76. The molecule has 168 valence electrons. The molecule has 1 nitrogen and oxygen atoms in total. The number of allylic oxidation sites excluding steroid dienone is 1. The van der Waals surface area contributed by atoms with Crippen LogP contribution in [0.15, 0.2) is 61.2 Å². The van der Waals surface area contributed by atoms with Crippen molar-refractivity contribution in [2.45, 2.75) is 84.2 Å². The van der Waals surface area contributed by atoms with E-state index >= 15 is 0 Å². The zero-order valence-electron chi connectivity index (χ0n) is 19.7. The number of benzene rings is 2. The molecule has 0 radical (unpaired) electrons. The highest BCUT2D eigenvalue weighted by Crippen LogP contribution is 2.32. The standard InChI is InChI=1S/C30H42O/c1-3-23-31-24-30-21-19-29(20-22-30)18-17-28-15-13-27(14-16-28)8-6-5-7-26-11-9-25(4-2)10-12-26/h4,13-16,19-22,25-26H,2-3,5-12,17-18,23-24H2,1H3. The Morgan fingerprint density at radius 2 is 1.32 bits per heavy atom. The van der Waals surface area contributed by atoms with Gasteiger partial charge in [-0.25, -0.2) is 0 Å². The monoisotopic (exact) mass is 418 g/mol. The van der Waals surface area contributed by atoms with Crippen molar-refractivity contribution < 1.29 is 4.74 Å². The minimum absolute atomic E-state index is 0.728. The summed E-state index contributed by atoms with van der Waals surface area (Å²) in [5.41, 5.74) is 5.62. The molecule has 1 fully saturated rings. The van der Waals surface area contributed by atoms with Crippen LogP contribution in [-0.4, -0.2) is 6.61 Å². The molecule has 0 aromatic heterocycles. The second kappa shape index (κ2) is 13.5. The van der Waals surface area contributed by atoms with E-state index in [2.05, 4.69) is 68.1 Å². The van der Waals surface area contributed by atoms with Gasteiger partial charge in [-0.15, -0.1) is 6.58 Å². The molecule has 2 aromatic carbocycles. The van der Waals surface area contributed by atoms with E-state index < -0.39 is 0 Å². The molecule has 1 aliphatic carbocycles. The molecule has 2 aromatic rings. The van der Waals surface area contributed by atoms with Crippen LogP contribution in [0.2, 0.25) is 0 Å². The lowest BCUT2D eigenvalue weighted by Gasteiger charge is -2.26. The van der Waals surface area contributed by atoms with Crippen molar-refractivity contribution in [3.05, 3.63) is 83.4 Å². The molecular formula is C30H42O. The maximum absolute atomic E-state index is 5.62. The molecule has 3 rings (SSSR count). The van der Waals surface area contributed by atoms with Gasteiger partial charge in [0.05, 0.1) is 6.61 Å². The molecular weight excluding hydrogens is 376 g/mol. The third-order valence-electron chi connectivity index (χ3n) is 6.92. The van der Waals surface area contributed by atoms with Crippen LogP contribution in [0.1, 0.15) is 80.5 Å². The van der Waals surface area contributed by atoms with Crippen LogP contribution < -0.4 is 0 Å². The molecule has 0 aliphatic heterocycles.